The third kappa shape index (κ3) is 6.63. The molecule has 2 aliphatic rings. The first-order chi connectivity index (χ1) is 16.8. The summed E-state index contributed by atoms with van der Waals surface area (Å²) in [5, 5.41) is 25.8. The van der Waals surface area contributed by atoms with Gasteiger partial charge < -0.3 is 30.5 Å². The highest BCUT2D eigenvalue weighted by Crippen LogP contribution is 2.41. The van der Waals surface area contributed by atoms with Crippen LogP contribution >= 0.6 is 23.1 Å². The van der Waals surface area contributed by atoms with Crippen molar-refractivity contribution in [2.45, 2.75) is 49.4 Å². The van der Waals surface area contributed by atoms with E-state index in [1.165, 1.54) is 24.8 Å². The minimum absolute atomic E-state index is 0.0281. The van der Waals surface area contributed by atoms with E-state index in [1.807, 2.05) is 17.8 Å². The van der Waals surface area contributed by atoms with Crippen molar-refractivity contribution in [2.75, 3.05) is 49.7 Å². The molecule has 1 aromatic heterocycles. The van der Waals surface area contributed by atoms with Gasteiger partial charge in [0.15, 0.2) is 16.4 Å². The van der Waals surface area contributed by atoms with Crippen LogP contribution in [0.4, 0.5) is 10.9 Å². The first kappa shape index (κ1) is 25.2. The SMILES string of the molecule is OCCNC1=NC(SCc2ccccc2)N(C2CCCCC2)c2nc(NCCOCCO)sc21. The standard InChI is InChI=1S/C24H35N5O3S2/c30-13-11-25-21-20-22(28-23(34-20)26-12-15-32-16-14-31)29(19-9-5-2-6-10-19)24(27-21)33-17-18-7-3-1-4-8-18/h1,3-4,7-8,19,24,30-31H,2,5-6,9-17H2,(H,25,27)(H,26,28). The van der Waals surface area contributed by atoms with Crippen LogP contribution < -0.4 is 15.5 Å². The Morgan fingerprint density at radius 1 is 1.03 bits per heavy atom. The molecule has 1 atom stereocenters. The van der Waals surface area contributed by atoms with Crippen molar-refractivity contribution in [3.63, 3.8) is 0 Å². The Kier molecular flexibility index (Phi) is 9.87. The summed E-state index contributed by atoms with van der Waals surface area (Å²) >= 11 is 3.41. The van der Waals surface area contributed by atoms with Gasteiger partial charge in [-0.1, -0.05) is 60.9 Å². The summed E-state index contributed by atoms with van der Waals surface area (Å²) in [7, 11) is 0. The van der Waals surface area contributed by atoms with Crippen molar-refractivity contribution in [1.82, 2.24) is 10.3 Å². The molecule has 4 rings (SSSR count). The summed E-state index contributed by atoms with van der Waals surface area (Å²) in [6.07, 6.45) is 6.09. The van der Waals surface area contributed by atoms with E-state index in [9.17, 15) is 5.11 Å². The molecule has 8 nitrogen and oxygen atoms in total. The average molecular weight is 506 g/mol. The first-order valence-corrected chi connectivity index (χ1v) is 14.0. The van der Waals surface area contributed by atoms with E-state index < -0.39 is 0 Å². The van der Waals surface area contributed by atoms with Gasteiger partial charge in [0.05, 0.1) is 26.4 Å². The first-order valence-electron chi connectivity index (χ1n) is 12.1. The normalized spacial score (nSPS) is 18.5. The Bertz CT molecular complexity index is 905. The highest BCUT2D eigenvalue weighted by atomic mass is 32.2. The summed E-state index contributed by atoms with van der Waals surface area (Å²) in [4.78, 5) is 13.6. The number of fused-ring (bicyclic) bond motifs is 1. The lowest BCUT2D eigenvalue weighted by molar-refractivity contribution is 0.0992. The number of thiazole rings is 1. The van der Waals surface area contributed by atoms with Crippen LogP contribution in [0.5, 0.6) is 0 Å². The molecule has 4 N–H and O–H groups in total. The Hall–Kier alpha value is -1.85. The van der Waals surface area contributed by atoms with Crippen molar-refractivity contribution in [2.24, 2.45) is 4.99 Å². The maximum absolute atomic E-state index is 9.42. The van der Waals surface area contributed by atoms with E-state index in [2.05, 4.69) is 39.8 Å². The average Bonchev–Trinajstić information content (AvgIpc) is 3.31. The molecule has 186 valence electrons. The number of aliphatic imine (C=N–C) groups is 1. The second-order valence-electron chi connectivity index (χ2n) is 8.38. The monoisotopic (exact) mass is 505 g/mol. The molecule has 0 amide bonds. The predicted molar refractivity (Wildman–Crippen MR) is 141 cm³/mol. The molecule has 0 spiro atoms. The molecule has 1 saturated carbocycles. The number of hydrogen-bond acceptors (Lipinski definition) is 10. The van der Waals surface area contributed by atoms with Crippen LogP contribution in [0.3, 0.4) is 0 Å². The molecule has 0 saturated heterocycles. The van der Waals surface area contributed by atoms with Gasteiger partial charge >= 0.3 is 0 Å². The molecule has 0 bridgehead atoms. The maximum Gasteiger partial charge on any atom is 0.185 e. The molecular formula is C24H35N5O3S2. The third-order valence-corrected chi connectivity index (χ3v) is 8.06. The number of nitrogens with zero attached hydrogens (tertiary/aromatic N) is 3. The molecule has 10 heteroatoms. The van der Waals surface area contributed by atoms with Crippen LogP contribution in [0, 0.1) is 0 Å². The molecule has 1 fully saturated rings. The number of hydrogen-bond donors (Lipinski definition) is 4. The van der Waals surface area contributed by atoms with Gasteiger partial charge in [0, 0.05) is 24.9 Å². The van der Waals surface area contributed by atoms with E-state index in [-0.39, 0.29) is 18.7 Å². The lowest BCUT2D eigenvalue weighted by Crippen LogP contribution is -2.47. The molecule has 1 aromatic carbocycles. The molecule has 34 heavy (non-hydrogen) atoms. The molecule has 2 aromatic rings. The Morgan fingerprint density at radius 3 is 2.62 bits per heavy atom. The van der Waals surface area contributed by atoms with Gasteiger partial charge in [-0.05, 0) is 18.4 Å². The smallest absolute Gasteiger partial charge is 0.185 e. The number of thioether (sulfide) groups is 1. The Balaban J connectivity index is 1.57. The zero-order valence-corrected chi connectivity index (χ0v) is 21.1. The van der Waals surface area contributed by atoms with Crippen LogP contribution in [0.2, 0.25) is 0 Å². The lowest BCUT2D eigenvalue weighted by atomic mass is 9.94. The van der Waals surface area contributed by atoms with Crippen LogP contribution in [-0.4, -0.2) is 72.1 Å². The fraction of sp³-hybridized carbons (Fsp3) is 0.583. The number of amidine groups is 1. The van der Waals surface area contributed by atoms with Gasteiger partial charge in [0.1, 0.15) is 10.7 Å². The Morgan fingerprint density at radius 2 is 1.85 bits per heavy atom. The van der Waals surface area contributed by atoms with E-state index in [0.717, 1.165) is 40.3 Å². The number of aromatic nitrogens is 1. The van der Waals surface area contributed by atoms with E-state index >= 15 is 0 Å². The predicted octanol–water partition coefficient (Wildman–Crippen LogP) is 3.26. The number of nitrogens with one attached hydrogen (secondary N) is 2. The number of benzene rings is 1. The zero-order chi connectivity index (χ0) is 23.6. The van der Waals surface area contributed by atoms with Crippen molar-refractivity contribution >= 4 is 39.9 Å². The maximum atomic E-state index is 9.42. The minimum atomic E-state index is -0.0696. The van der Waals surface area contributed by atoms with Crippen molar-refractivity contribution < 1.29 is 14.9 Å². The highest BCUT2D eigenvalue weighted by Gasteiger charge is 2.37. The summed E-state index contributed by atoms with van der Waals surface area (Å²) < 4.78 is 5.37. The van der Waals surface area contributed by atoms with E-state index in [0.29, 0.717) is 32.3 Å². The number of aliphatic hydroxyl groups is 2. The largest absolute Gasteiger partial charge is 0.395 e. The summed E-state index contributed by atoms with van der Waals surface area (Å²) in [5.74, 6) is 2.67. The third-order valence-electron chi connectivity index (χ3n) is 5.92. The topological polar surface area (TPSA) is 102 Å². The number of ether oxygens (including phenoxy) is 1. The summed E-state index contributed by atoms with van der Waals surface area (Å²) in [6, 6.07) is 10.9. The van der Waals surface area contributed by atoms with Gasteiger partial charge in [-0.25, -0.2) is 9.98 Å². The quantitative estimate of drug-likeness (QED) is 0.326. The lowest BCUT2D eigenvalue weighted by Gasteiger charge is -2.41. The molecule has 1 unspecified atom stereocenters. The van der Waals surface area contributed by atoms with Gasteiger partial charge in [-0.15, -0.1) is 11.8 Å². The van der Waals surface area contributed by atoms with Gasteiger partial charge in [-0.2, -0.15) is 0 Å². The van der Waals surface area contributed by atoms with Gasteiger partial charge in [-0.3, -0.25) is 0 Å². The Labute approximate surface area is 209 Å². The molecular weight excluding hydrogens is 470 g/mol. The number of rotatable bonds is 12. The number of anilines is 2. The number of aliphatic hydroxyl groups excluding tert-OH is 2. The van der Waals surface area contributed by atoms with Crippen LogP contribution in [0.15, 0.2) is 35.3 Å². The molecule has 0 radical (unpaired) electrons. The summed E-state index contributed by atoms with van der Waals surface area (Å²) in [6.45, 7) is 2.00. The van der Waals surface area contributed by atoms with Crippen molar-refractivity contribution in [3.8, 4) is 0 Å². The van der Waals surface area contributed by atoms with Crippen molar-refractivity contribution in [3.05, 3.63) is 40.8 Å². The molecule has 1 aliphatic carbocycles. The fourth-order valence-electron chi connectivity index (χ4n) is 4.32. The zero-order valence-electron chi connectivity index (χ0n) is 19.5. The van der Waals surface area contributed by atoms with E-state index in [4.69, 9.17) is 19.8 Å². The highest BCUT2D eigenvalue weighted by molar-refractivity contribution is 7.99. The molecule has 2 heterocycles. The summed E-state index contributed by atoms with van der Waals surface area (Å²) in [5.41, 5.74) is 1.21. The fourth-order valence-corrected chi connectivity index (χ4v) is 6.43. The second-order valence-corrected chi connectivity index (χ2v) is 10.4. The minimum Gasteiger partial charge on any atom is -0.395 e. The van der Waals surface area contributed by atoms with Gasteiger partial charge in [0.2, 0.25) is 0 Å². The molecule has 1 aliphatic heterocycles. The van der Waals surface area contributed by atoms with Gasteiger partial charge in [0.25, 0.3) is 0 Å². The van der Waals surface area contributed by atoms with Crippen LogP contribution in [0.1, 0.15) is 42.5 Å². The van der Waals surface area contributed by atoms with Crippen LogP contribution in [0.25, 0.3) is 0 Å². The van der Waals surface area contributed by atoms with Crippen LogP contribution in [-0.2, 0) is 10.5 Å². The second kappa shape index (κ2) is 13.3. The van der Waals surface area contributed by atoms with Crippen molar-refractivity contribution in [1.29, 1.82) is 0 Å². The van der Waals surface area contributed by atoms with E-state index in [1.54, 1.807) is 11.3 Å².